The van der Waals surface area contributed by atoms with E-state index in [9.17, 15) is 4.79 Å². The summed E-state index contributed by atoms with van der Waals surface area (Å²) < 4.78 is 2.03. The van der Waals surface area contributed by atoms with Crippen LogP contribution in [0.1, 0.15) is 27.8 Å². The predicted molar refractivity (Wildman–Crippen MR) is 136 cm³/mol. The highest BCUT2D eigenvalue weighted by atomic mass is 32.2. The first kappa shape index (κ1) is 22.8. The Labute approximate surface area is 199 Å². The standard InChI is InChI=1S/C27H28N4OS/c1-17-13-20(4)25(21(5)14-17)28-24(32)16-33-27-30-29-26(22-9-7-6-8-10-22)31(27)23-12-11-18(2)19(3)15-23/h6-15H,16H2,1-5H3,(H,28,32). The average Bonchev–Trinajstić information content (AvgIpc) is 3.21. The Kier molecular flexibility index (Phi) is 6.65. The molecule has 33 heavy (non-hydrogen) atoms. The van der Waals surface area contributed by atoms with Crippen LogP contribution in [0.4, 0.5) is 5.69 Å². The summed E-state index contributed by atoms with van der Waals surface area (Å²) in [6.07, 6.45) is 0. The maximum absolute atomic E-state index is 12.8. The lowest BCUT2D eigenvalue weighted by Crippen LogP contribution is -2.16. The number of aromatic nitrogens is 3. The van der Waals surface area contributed by atoms with E-state index >= 15 is 0 Å². The summed E-state index contributed by atoms with van der Waals surface area (Å²) in [5.41, 5.74) is 8.58. The molecule has 1 N–H and O–H groups in total. The minimum absolute atomic E-state index is 0.0639. The molecule has 0 atom stereocenters. The molecule has 0 aliphatic heterocycles. The Balaban J connectivity index is 1.62. The van der Waals surface area contributed by atoms with Gasteiger partial charge in [-0.3, -0.25) is 9.36 Å². The molecule has 0 radical (unpaired) electrons. The third kappa shape index (κ3) is 5.01. The van der Waals surface area contributed by atoms with Crippen molar-refractivity contribution in [1.29, 1.82) is 0 Å². The summed E-state index contributed by atoms with van der Waals surface area (Å²) in [6.45, 7) is 10.3. The van der Waals surface area contributed by atoms with E-state index in [0.717, 1.165) is 33.9 Å². The largest absolute Gasteiger partial charge is 0.325 e. The minimum atomic E-state index is -0.0639. The number of carbonyl (C=O) groups is 1. The Morgan fingerprint density at radius 2 is 1.55 bits per heavy atom. The smallest absolute Gasteiger partial charge is 0.234 e. The number of nitrogens with one attached hydrogen (secondary N) is 1. The Morgan fingerprint density at radius 3 is 2.21 bits per heavy atom. The molecule has 0 saturated carbocycles. The van der Waals surface area contributed by atoms with Gasteiger partial charge in [0.15, 0.2) is 11.0 Å². The number of carbonyl (C=O) groups excluding carboxylic acids is 1. The summed E-state index contributed by atoms with van der Waals surface area (Å²) in [5, 5.41) is 12.7. The van der Waals surface area contributed by atoms with Gasteiger partial charge >= 0.3 is 0 Å². The fraction of sp³-hybridized carbons (Fsp3) is 0.222. The van der Waals surface area contributed by atoms with Crippen molar-refractivity contribution >= 4 is 23.4 Å². The van der Waals surface area contributed by atoms with Crippen molar-refractivity contribution in [3.63, 3.8) is 0 Å². The second-order valence-electron chi connectivity index (χ2n) is 8.39. The second-order valence-corrected chi connectivity index (χ2v) is 9.33. The molecule has 4 aromatic rings. The first-order valence-corrected chi connectivity index (χ1v) is 11.9. The van der Waals surface area contributed by atoms with Crippen molar-refractivity contribution in [2.24, 2.45) is 0 Å². The predicted octanol–water partition coefficient (Wildman–Crippen LogP) is 6.21. The van der Waals surface area contributed by atoms with Crippen LogP contribution in [0.2, 0.25) is 0 Å². The molecule has 0 fully saturated rings. The van der Waals surface area contributed by atoms with Gasteiger partial charge in [0.2, 0.25) is 5.91 Å². The quantitative estimate of drug-likeness (QED) is 0.351. The van der Waals surface area contributed by atoms with Crippen molar-refractivity contribution in [2.45, 2.75) is 39.8 Å². The van der Waals surface area contributed by atoms with Crippen molar-refractivity contribution < 1.29 is 4.79 Å². The average molecular weight is 457 g/mol. The number of benzene rings is 3. The first-order valence-electron chi connectivity index (χ1n) is 10.9. The molecule has 4 rings (SSSR count). The highest BCUT2D eigenvalue weighted by Crippen LogP contribution is 2.29. The van der Waals surface area contributed by atoms with Crippen LogP contribution in [0.15, 0.2) is 65.8 Å². The topological polar surface area (TPSA) is 59.8 Å². The lowest BCUT2D eigenvalue weighted by molar-refractivity contribution is -0.113. The zero-order valence-corrected chi connectivity index (χ0v) is 20.5. The van der Waals surface area contributed by atoms with E-state index in [4.69, 9.17) is 0 Å². The van der Waals surface area contributed by atoms with Crippen LogP contribution >= 0.6 is 11.8 Å². The molecule has 0 spiro atoms. The molecule has 1 aromatic heterocycles. The van der Waals surface area contributed by atoms with Crippen LogP contribution < -0.4 is 5.32 Å². The first-order chi connectivity index (χ1) is 15.8. The van der Waals surface area contributed by atoms with E-state index in [2.05, 4.69) is 66.6 Å². The van der Waals surface area contributed by atoms with Gasteiger partial charge in [-0.15, -0.1) is 10.2 Å². The number of amides is 1. The van der Waals surface area contributed by atoms with Gasteiger partial charge < -0.3 is 5.32 Å². The highest BCUT2D eigenvalue weighted by Gasteiger charge is 2.18. The molecule has 0 saturated heterocycles. The van der Waals surface area contributed by atoms with Gasteiger partial charge in [-0.25, -0.2) is 0 Å². The summed E-state index contributed by atoms with van der Waals surface area (Å²) >= 11 is 1.39. The lowest BCUT2D eigenvalue weighted by Gasteiger charge is -2.14. The van der Waals surface area contributed by atoms with E-state index in [0.29, 0.717) is 5.16 Å². The summed E-state index contributed by atoms with van der Waals surface area (Å²) in [4.78, 5) is 12.8. The van der Waals surface area contributed by atoms with Crippen LogP contribution in [-0.2, 0) is 4.79 Å². The van der Waals surface area contributed by atoms with Gasteiger partial charge in [-0.05, 0) is 69.0 Å². The SMILES string of the molecule is Cc1cc(C)c(NC(=O)CSc2nnc(-c3ccccc3)n2-c2ccc(C)c(C)c2)c(C)c1. The number of anilines is 1. The molecule has 0 aliphatic carbocycles. The zero-order chi connectivity index (χ0) is 23.5. The van der Waals surface area contributed by atoms with Gasteiger partial charge in [-0.1, -0.05) is 65.9 Å². The molecule has 168 valence electrons. The molecule has 3 aromatic carbocycles. The van der Waals surface area contributed by atoms with E-state index in [1.165, 1.54) is 28.5 Å². The lowest BCUT2D eigenvalue weighted by atomic mass is 10.1. The van der Waals surface area contributed by atoms with E-state index < -0.39 is 0 Å². The fourth-order valence-electron chi connectivity index (χ4n) is 3.92. The zero-order valence-electron chi connectivity index (χ0n) is 19.6. The highest BCUT2D eigenvalue weighted by molar-refractivity contribution is 7.99. The molecule has 1 heterocycles. The molecular formula is C27H28N4OS. The van der Waals surface area contributed by atoms with Gasteiger partial charge in [0.05, 0.1) is 11.4 Å². The number of hydrogen-bond acceptors (Lipinski definition) is 4. The summed E-state index contributed by atoms with van der Waals surface area (Å²) in [6, 6.07) is 20.5. The molecule has 0 bridgehead atoms. The number of nitrogens with zero attached hydrogens (tertiary/aromatic N) is 3. The van der Waals surface area contributed by atoms with Crippen LogP contribution in [-0.4, -0.2) is 26.4 Å². The van der Waals surface area contributed by atoms with Gasteiger partial charge in [-0.2, -0.15) is 0 Å². The molecule has 1 amide bonds. The number of thioether (sulfide) groups is 1. The number of rotatable bonds is 6. The van der Waals surface area contributed by atoms with Crippen LogP contribution in [0.5, 0.6) is 0 Å². The van der Waals surface area contributed by atoms with Crippen molar-refractivity contribution in [3.05, 3.63) is 88.5 Å². The van der Waals surface area contributed by atoms with E-state index in [1.54, 1.807) is 0 Å². The summed E-state index contributed by atoms with van der Waals surface area (Å²) in [7, 11) is 0. The van der Waals surface area contributed by atoms with Crippen molar-refractivity contribution in [3.8, 4) is 17.1 Å². The number of aryl methyl sites for hydroxylation is 5. The van der Waals surface area contributed by atoms with Gasteiger partial charge in [0.1, 0.15) is 0 Å². The van der Waals surface area contributed by atoms with Crippen LogP contribution in [0.25, 0.3) is 17.1 Å². The monoisotopic (exact) mass is 456 g/mol. The minimum Gasteiger partial charge on any atom is -0.325 e. The Hall–Kier alpha value is -3.38. The number of hydrogen-bond donors (Lipinski definition) is 1. The maximum atomic E-state index is 12.8. The van der Waals surface area contributed by atoms with Gasteiger partial charge in [0.25, 0.3) is 0 Å². The Bertz CT molecular complexity index is 1290. The van der Waals surface area contributed by atoms with Crippen LogP contribution in [0.3, 0.4) is 0 Å². The molecular weight excluding hydrogens is 428 g/mol. The molecule has 0 unspecified atom stereocenters. The van der Waals surface area contributed by atoms with Gasteiger partial charge in [0, 0.05) is 11.3 Å². The van der Waals surface area contributed by atoms with Crippen LogP contribution in [0, 0.1) is 34.6 Å². The van der Waals surface area contributed by atoms with E-state index in [-0.39, 0.29) is 11.7 Å². The normalized spacial score (nSPS) is 10.9. The maximum Gasteiger partial charge on any atom is 0.234 e. The second kappa shape index (κ2) is 9.63. The third-order valence-corrected chi connectivity index (χ3v) is 6.62. The molecule has 0 aliphatic rings. The third-order valence-electron chi connectivity index (χ3n) is 5.69. The van der Waals surface area contributed by atoms with E-state index in [1.807, 2.05) is 48.7 Å². The molecule has 5 nitrogen and oxygen atoms in total. The Morgan fingerprint density at radius 1 is 0.848 bits per heavy atom. The van der Waals surface area contributed by atoms with Crippen molar-refractivity contribution in [2.75, 3.05) is 11.1 Å². The summed E-state index contributed by atoms with van der Waals surface area (Å²) in [5.74, 6) is 0.933. The molecule has 6 heteroatoms. The van der Waals surface area contributed by atoms with Crippen molar-refractivity contribution in [1.82, 2.24) is 14.8 Å². The fourth-order valence-corrected chi connectivity index (χ4v) is 4.67.